The van der Waals surface area contributed by atoms with E-state index in [9.17, 15) is 4.79 Å². The van der Waals surface area contributed by atoms with Crippen molar-refractivity contribution in [3.05, 3.63) is 64.4 Å². The number of rotatable bonds is 6. The molecule has 1 fully saturated rings. The van der Waals surface area contributed by atoms with Gasteiger partial charge in [-0.25, -0.2) is 0 Å². The zero-order chi connectivity index (χ0) is 18.8. The summed E-state index contributed by atoms with van der Waals surface area (Å²) in [5.74, 6) is 2.21. The minimum absolute atomic E-state index is 0.0809. The third kappa shape index (κ3) is 4.42. The molecule has 0 radical (unpaired) electrons. The lowest BCUT2D eigenvalue weighted by atomic mass is 10.2. The van der Waals surface area contributed by atoms with E-state index in [1.165, 1.54) is 12.5 Å². The van der Waals surface area contributed by atoms with Crippen LogP contribution >= 0.6 is 27.7 Å². The van der Waals surface area contributed by atoms with Crippen LogP contribution in [0.4, 0.5) is 5.69 Å². The van der Waals surface area contributed by atoms with Gasteiger partial charge in [0.1, 0.15) is 5.82 Å². The van der Waals surface area contributed by atoms with E-state index >= 15 is 0 Å². The second kappa shape index (κ2) is 7.86. The van der Waals surface area contributed by atoms with Crippen molar-refractivity contribution in [2.24, 2.45) is 0 Å². The van der Waals surface area contributed by atoms with Gasteiger partial charge in [-0.2, -0.15) is 0 Å². The SMILES string of the molecule is CC(=O)Nc1cccc(-n2c(SCc3cccc(Br)c3)nnc2C2CC2)c1. The van der Waals surface area contributed by atoms with Crippen molar-refractivity contribution >= 4 is 39.3 Å². The van der Waals surface area contributed by atoms with E-state index in [2.05, 4.69) is 48.1 Å². The molecule has 0 atom stereocenters. The van der Waals surface area contributed by atoms with Crippen molar-refractivity contribution < 1.29 is 4.79 Å². The molecule has 1 aliphatic rings. The van der Waals surface area contributed by atoms with Crippen molar-refractivity contribution in [2.45, 2.75) is 36.6 Å². The molecular formula is C20H19BrN4OS. The zero-order valence-corrected chi connectivity index (χ0v) is 17.3. The zero-order valence-electron chi connectivity index (χ0n) is 14.9. The first kappa shape index (κ1) is 18.3. The van der Waals surface area contributed by atoms with Crippen LogP contribution in [-0.2, 0) is 10.5 Å². The van der Waals surface area contributed by atoms with Crippen LogP contribution in [0.15, 0.2) is 58.2 Å². The molecule has 0 spiro atoms. The smallest absolute Gasteiger partial charge is 0.221 e. The normalized spacial score (nSPS) is 13.6. The molecule has 0 unspecified atom stereocenters. The average molecular weight is 443 g/mol. The quantitative estimate of drug-likeness (QED) is 0.535. The molecule has 2 aromatic carbocycles. The fourth-order valence-electron chi connectivity index (χ4n) is 2.92. The fraction of sp³-hybridized carbons (Fsp3) is 0.250. The van der Waals surface area contributed by atoms with Gasteiger partial charge in [0.25, 0.3) is 0 Å². The van der Waals surface area contributed by atoms with Crippen LogP contribution in [0, 0.1) is 0 Å². The predicted octanol–water partition coefficient (Wildman–Crippen LogP) is 5.16. The van der Waals surface area contributed by atoms with Crippen LogP contribution in [0.3, 0.4) is 0 Å². The first-order valence-corrected chi connectivity index (χ1v) is 10.6. The molecule has 1 N–H and O–H groups in total. The summed E-state index contributed by atoms with van der Waals surface area (Å²) >= 11 is 5.19. The number of halogens is 1. The van der Waals surface area contributed by atoms with E-state index in [1.54, 1.807) is 11.8 Å². The lowest BCUT2D eigenvalue weighted by Crippen LogP contribution is -2.07. The monoisotopic (exact) mass is 442 g/mol. The van der Waals surface area contributed by atoms with Gasteiger partial charge in [-0.1, -0.05) is 45.9 Å². The lowest BCUT2D eigenvalue weighted by Gasteiger charge is -2.12. The Kier molecular flexibility index (Phi) is 5.31. The summed E-state index contributed by atoms with van der Waals surface area (Å²) in [5, 5.41) is 12.7. The first-order valence-electron chi connectivity index (χ1n) is 8.81. The molecular weight excluding hydrogens is 424 g/mol. The largest absolute Gasteiger partial charge is 0.326 e. The van der Waals surface area contributed by atoms with Gasteiger partial charge in [0.2, 0.25) is 5.91 Å². The first-order chi connectivity index (χ1) is 13.1. The number of aromatic nitrogens is 3. The van der Waals surface area contributed by atoms with Gasteiger partial charge in [0.15, 0.2) is 5.16 Å². The topological polar surface area (TPSA) is 59.8 Å². The highest BCUT2D eigenvalue weighted by Gasteiger charge is 2.31. The van der Waals surface area contributed by atoms with Crippen molar-refractivity contribution in [1.82, 2.24) is 14.8 Å². The number of nitrogens with one attached hydrogen (secondary N) is 1. The van der Waals surface area contributed by atoms with Crippen molar-refractivity contribution in [3.63, 3.8) is 0 Å². The summed E-state index contributed by atoms with van der Waals surface area (Å²) in [6, 6.07) is 16.1. The molecule has 4 rings (SSSR count). The molecule has 5 nitrogen and oxygen atoms in total. The Labute approximate surface area is 170 Å². The number of hydrogen-bond acceptors (Lipinski definition) is 4. The maximum absolute atomic E-state index is 11.4. The third-order valence-electron chi connectivity index (χ3n) is 4.28. The highest BCUT2D eigenvalue weighted by molar-refractivity contribution is 9.10. The van der Waals surface area contributed by atoms with Gasteiger partial charge in [-0.05, 0) is 48.7 Å². The summed E-state index contributed by atoms with van der Waals surface area (Å²) in [6.45, 7) is 1.51. The van der Waals surface area contributed by atoms with Crippen molar-refractivity contribution in [2.75, 3.05) is 5.32 Å². The van der Waals surface area contributed by atoms with Crippen LogP contribution in [0.2, 0.25) is 0 Å². The van der Waals surface area contributed by atoms with E-state index in [1.807, 2.05) is 36.4 Å². The molecule has 1 amide bonds. The Morgan fingerprint density at radius 2 is 2.04 bits per heavy atom. The van der Waals surface area contributed by atoms with Gasteiger partial charge < -0.3 is 5.32 Å². The number of hydrogen-bond donors (Lipinski definition) is 1. The Bertz CT molecular complexity index is 984. The maximum atomic E-state index is 11.4. The number of nitrogens with zero attached hydrogens (tertiary/aromatic N) is 3. The molecule has 1 aliphatic carbocycles. The van der Waals surface area contributed by atoms with Crippen LogP contribution < -0.4 is 5.32 Å². The molecule has 3 aromatic rings. The van der Waals surface area contributed by atoms with Crippen LogP contribution in [0.5, 0.6) is 0 Å². The number of thioether (sulfide) groups is 1. The number of anilines is 1. The molecule has 0 bridgehead atoms. The standard InChI is InChI=1S/C20H19BrN4OS/c1-13(26)22-17-6-3-7-18(11-17)25-19(15-8-9-15)23-24-20(25)27-12-14-4-2-5-16(21)10-14/h2-7,10-11,15H,8-9,12H2,1H3,(H,22,26). The van der Waals surface area contributed by atoms with E-state index in [4.69, 9.17) is 0 Å². The lowest BCUT2D eigenvalue weighted by molar-refractivity contribution is -0.114. The Morgan fingerprint density at radius 1 is 1.22 bits per heavy atom. The summed E-state index contributed by atoms with van der Waals surface area (Å²) in [4.78, 5) is 11.4. The molecule has 0 saturated heterocycles. The minimum Gasteiger partial charge on any atom is -0.326 e. The molecule has 7 heteroatoms. The van der Waals surface area contributed by atoms with E-state index in [0.717, 1.165) is 45.4 Å². The third-order valence-corrected chi connectivity index (χ3v) is 5.78. The van der Waals surface area contributed by atoms with Crippen LogP contribution in [0.1, 0.15) is 37.1 Å². The minimum atomic E-state index is -0.0809. The van der Waals surface area contributed by atoms with E-state index in [0.29, 0.717) is 5.92 Å². The van der Waals surface area contributed by atoms with Gasteiger partial charge in [-0.3, -0.25) is 9.36 Å². The fourth-order valence-corrected chi connectivity index (χ4v) is 4.27. The number of benzene rings is 2. The van der Waals surface area contributed by atoms with Crippen molar-refractivity contribution in [1.29, 1.82) is 0 Å². The van der Waals surface area contributed by atoms with Crippen LogP contribution in [0.25, 0.3) is 5.69 Å². The second-order valence-corrected chi connectivity index (χ2v) is 8.46. The molecule has 1 aromatic heterocycles. The molecule has 0 aliphatic heterocycles. The average Bonchev–Trinajstić information content (AvgIpc) is 3.39. The van der Waals surface area contributed by atoms with Gasteiger partial charge in [0, 0.05) is 28.8 Å². The maximum Gasteiger partial charge on any atom is 0.221 e. The van der Waals surface area contributed by atoms with Gasteiger partial charge in [-0.15, -0.1) is 10.2 Å². The van der Waals surface area contributed by atoms with Crippen LogP contribution in [-0.4, -0.2) is 20.7 Å². The highest BCUT2D eigenvalue weighted by Crippen LogP contribution is 2.41. The van der Waals surface area contributed by atoms with Crippen molar-refractivity contribution in [3.8, 4) is 5.69 Å². The Hall–Kier alpha value is -2.12. The number of carbonyl (C=O) groups excluding carboxylic acids is 1. The number of carbonyl (C=O) groups is 1. The summed E-state index contributed by atoms with van der Waals surface area (Å²) in [5.41, 5.74) is 2.98. The molecule has 1 heterocycles. The second-order valence-electron chi connectivity index (χ2n) is 6.60. The highest BCUT2D eigenvalue weighted by atomic mass is 79.9. The van der Waals surface area contributed by atoms with E-state index in [-0.39, 0.29) is 5.91 Å². The Balaban J connectivity index is 1.65. The number of amides is 1. The molecule has 27 heavy (non-hydrogen) atoms. The Morgan fingerprint density at radius 3 is 2.78 bits per heavy atom. The van der Waals surface area contributed by atoms with Gasteiger partial charge in [0.05, 0.1) is 5.69 Å². The summed E-state index contributed by atoms with van der Waals surface area (Å²) < 4.78 is 3.20. The summed E-state index contributed by atoms with van der Waals surface area (Å²) in [7, 11) is 0. The molecule has 1 saturated carbocycles. The predicted molar refractivity (Wildman–Crippen MR) is 111 cm³/mol. The van der Waals surface area contributed by atoms with E-state index < -0.39 is 0 Å². The summed E-state index contributed by atoms with van der Waals surface area (Å²) in [6.07, 6.45) is 2.31. The van der Waals surface area contributed by atoms with Gasteiger partial charge >= 0.3 is 0 Å². The molecule has 138 valence electrons.